The molecule has 0 aliphatic rings. The van der Waals surface area contributed by atoms with Crippen molar-refractivity contribution in [3.8, 4) is 11.6 Å². The molecule has 2 aromatic rings. The van der Waals surface area contributed by atoms with Crippen molar-refractivity contribution >= 4 is 12.0 Å². The van der Waals surface area contributed by atoms with Crippen LogP contribution in [-0.4, -0.2) is 16.2 Å². The van der Waals surface area contributed by atoms with Gasteiger partial charge in [0.25, 0.3) is 0 Å². The summed E-state index contributed by atoms with van der Waals surface area (Å²) in [6.45, 7) is 1.92. The van der Waals surface area contributed by atoms with Crippen molar-refractivity contribution in [2.45, 2.75) is 13.3 Å². The number of rotatable bonds is 5. The molecule has 0 radical (unpaired) electrons. The second kappa shape index (κ2) is 5.92. The normalized spacial score (nSPS) is 10.1. The Morgan fingerprint density at radius 3 is 2.70 bits per heavy atom. The van der Waals surface area contributed by atoms with E-state index >= 15 is 0 Å². The van der Waals surface area contributed by atoms with Crippen LogP contribution < -0.4 is 4.74 Å². The fourth-order valence-corrected chi connectivity index (χ4v) is 1.65. The summed E-state index contributed by atoms with van der Waals surface area (Å²) < 4.78 is 5.40. The number of nitrogens with zero attached hydrogens (tertiary/aromatic N) is 2. The predicted octanol–water partition coefficient (Wildman–Crippen LogP) is 3.16. The van der Waals surface area contributed by atoms with Gasteiger partial charge in [0.15, 0.2) is 6.29 Å². The summed E-state index contributed by atoms with van der Waals surface area (Å²) in [4.78, 5) is 25.0. The fourth-order valence-electron chi connectivity index (χ4n) is 1.65. The number of nitro groups is 1. The van der Waals surface area contributed by atoms with Gasteiger partial charge in [0.2, 0.25) is 11.6 Å². The summed E-state index contributed by atoms with van der Waals surface area (Å²) >= 11 is 0. The van der Waals surface area contributed by atoms with E-state index in [1.54, 1.807) is 12.1 Å². The summed E-state index contributed by atoms with van der Waals surface area (Å²) in [5, 5.41) is 11.0. The van der Waals surface area contributed by atoms with E-state index in [4.69, 9.17) is 4.74 Å². The molecule has 0 bridgehead atoms. The van der Waals surface area contributed by atoms with Gasteiger partial charge in [0.05, 0.1) is 4.92 Å². The smallest absolute Gasteiger partial charge is 0.311 e. The summed E-state index contributed by atoms with van der Waals surface area (Å²) in [6, 6.07) is 7.81. The van der Waals surface area contributed by atoms with Crippen LogP contribution in [0, 0.1) is 10.1 Å². The first-order valence-electron chi connectivity index (χ1n) is 6.00. The Kier molecular flexibility index (Phi) is 4.05. The molecule has 6 heteroatoms. The number of ether oxygens (including phenoxy) is 1. The molecule has 0 fully saturated rings. The number of benzene rings is 1. The molecule has 0 saturated carbocycles. The SMILES string of the molecule is CCc1ccc(Oc2ccc(C=O)cn2)c([N+](=O)[O-])c1. The Morgan fingerprint density at radius 2 is 2.15 bits per heavy atom. The van der Waals surface area contributed by atoms with Crippen molar-refractivity contribution in [1.29, 1.82) is 0 Å². The van der Waals surface area contributed by atoms with Crippen molar-refractivity contribution in [1.82, 2.24) is 4.98 Å². The molecule has 0 saturated heterocycles. The Balaban J connectivity index is 2.31. The molecule has 1 heterocycles. The Labute approximate surface area is 115 Å². The summed E-state index contributed by atoms with van der Waals surface area (Å²) in [6.07, 6.45) is 2.71. The van der Waals surface area contributed by atoms with Crippen molar-refractivity contribution in [2.24, 2.45) is 0 Å². The first-order valence-corrected chi connectivity index (χ1v) is 6.00. The van der Waals surface area contributed by atoms with Crippen LogP contribution in [0.4, 0.5) is 5.69 Å². The molecule has 2 rings (SSSR count). The molecule has 6 nitrogen and oxygen atoms in total. The molecule has 0 N–H and O–H groups in total. The van der Waals surface area contributed by atoms with Crippen LogP contribution >= 0.6 is 0 Å². The van der Waals surface area contributed by atoms with E-state index in [1.807, 2.05) is 6.92 Å². The van der Waals surface area contributed by atoms with E-state index in [0.717, 1.165) is 5.56 Å². The van der Waals surface area contributed by atoms with E-state index in [1.165, 1.54) is 24.4 Å². The monoisotopic (exact) mass is 272 g/mol. The maximum atomic E-state index is 11.0. The second-order valence-corrected chi connectivity index (χ2v) is 4.06. The molecule has 0 unspecified atom stereocenters. The van der Waals surface area contributed by atoms with Crippen LogP contribution in [-0.2, 0) is 6.42 Å². The fraction of sp³-hybridized carbons (Fsp3) is 0.143. The lowest BCUT2D eigenvalue weighted by Gasteiger charge is -2.06. The maximum Gasteiger partial charge on any atom is 0.311 e. The molecule has 0 amide bonds. The lowest BCUT2D eigenvalue weighted by molar-refractivity contribution is -0.385. The van der Waals surface area contributed by atoms with Crippen LogP contribution in [0.1, 0.15) is 22.8 Å². The highest BCUT2D eigenvalue weighted by Gasteiger charge is 2.16. The molecule has 20 heavy (non-hydrogen) atoms. The van der Waals surface area contributed by atoms with Gasteiger partial charge in [-0.15, -0.1) is 0 Å². The summed E-state index contributed by atoms with van der Waals surface area (Å²) in [7, 11) is 0. The predicted molar refractivity (Wildman–Crippen MR) is 72.2 cm³/mol. The summed E-state index contributed by atoms with van der Waals surface area (Å²) in [5.74, 6) is 0.321. The molecule has 0 aliphatic heterocycles. The third-order valence-corrected chi connectivity index (χ3v) is 2.74. The number of hydrogen-bond acceptors (Lipinski definition) is 5. The topological polar surface area (TPSA) is 82.3 Å². The number of nitro benzene ring substituents is 1. The third-order valence-electron chi connectivity index (χ3n) is 2.74. The van der Waals surface area contributed by atoms with Gasteiger partial charge in [-0.2, -0.15) is 0 Å². The average molecular weight is 272 g/mol. The van der Waals surface area contributed by atoms with E-state index in [9.17, 15) is 14.9 Å². The number of hydrogen-bond donors (Lipinski definition) is 0. The third kappa shape index (κ3) is 2.97. The molecular formula is C14H12N2O4. The van der Waals surface area contributed by atoms with E-state index < -0.39 is 4.92 Å². The van der Waals surface area contributed by atoms with Gasteiger partial charge in [-0.05, 0) is 24.1 Å². The number of aryl methyl sites for hydroxylation is 1. The first-order chi connectivity index (χ1) is 9.63. The van der Waals surface area contributed by atoms with Crippen LogP contribution in [0.5, 0.6) is 11.6 Å². The Morgan fingerprint density at radius 1 is 1.35 bits per heavy atom. The molecular weight excluding hydrogens is 260 g/mol. The first kappa shape index (κ1) is 13.7. The van der Waals surface area contributed by atoms with Crippen molar-refractivity contribution in [3.05, 3.63) is 57.8 Å². The maximum absolute atomic E-state index is 11.0. The van der Waals surface area contributed by atoms with Gasteiger partial charge in [-0.1, -0.05) is 13.0 Å². The van der Waals surface area contributed by atoms with Crippen molar-refractivity contribution < 1.29 is 14.5 Å². The number of carbonyl (C=O) groups is 1. The zero-order valence-electron chi connectivity index (χ0n) is 10.8. The minimum Gasteiger partial charge on any atom is -0.432 e. The van der Waals surface area contributed by atoms with Gasteiger partial charge >= 0.3 is 5.69 Å². The average Bonchev–Trinajstić information content (AvgIpc) is 2.48. The zero-order chi connectivity index (χ0) is 14.5. The van der Waals surface area contributed by atoms with Gasteiger partial charge in [-0.3, -0.25) is 14.9 Å². The quantitative estimate of drug-likeness (QED) is 0.474. The van der Waals surface area contributed by atoms with Crippen LogP contribution in [0.15, 0.2) is 36.5 Å². The van der Waals surface area contributed by atoms with E-state index in [0.29, 0.717) is 18.3 Å². The second-order valence-electron chi connectivity index (χ2n) is 4.06. The number of aldehydes is 1. The van der Waals surface area contributed by atoms with Crippen LogP contribution in [0.25, 0.3) is 0 Å². The Bertz CT molecular complexity index is 638. The van der Waals surface area contributed by atoms with Crippen LogP contribution in [0.3, 0.4) is 0 Å². The van der Waals surface area contributed by atoms with Crippen molar-refractivity contribution in [3.63, 3.8) is 0 Å². The highest BCUT2D eigenvalue weighted by atomic mass is 16.6. The zero-order valence-corrected chi connectivity index (χ0v) is 10.8. The molecule has 0 atom stereocenters. The standard InChI is InChI=1S/C14H12N2O4/c1-2-10-3-5-13(12(7-10)16(18)19)20-14-6-4-11(9-17)8-15-14/h3-9H,2H2,1H3. The molecule has 0 aliphatic carbocycles. The van der Waals surface area contributed by atoms with Crippen molar-refractivity contribution in [2.75, 3.05) is 0 Å². The highest BCUT2D eigenvalue weighted by Crippen LogP contribution is 2.31. The largest absolute Gasteiger partial charge is 0.432 e. The molecule has 1 aromatic carbocycles. The van der Waals surface area contributed by atoms with Crippen LogP contribution in [0.2, 0.25) is 0 Å². The Hall–Kier alpha value is -2.76. The number of aromatic nitrogens is 1. The minimum absolute atomic E-state index is 0.106. The van der Waals surface area contributed by atoms with Gasteiger partial charge in [0, 0.05) is 23.9 Å². The van der Waals surface area contributed by atoms with Gasteiger partial charge < -0.3 is 4.74 Å². The van der Waals surface area contributed by atoms with E-state index in [-0.39, 0.29) is 17.3 Å². The molecule has 102 valence electrons. The number of carbonyl (C=O) groups excluding carboxylic acids is 1. The molecule has 0 spiro atoms. The van der Waals surface area contributed by atoms with Gasteiger partial charge in [0.1, 0.15) is 0 Å². The lowest BCUT2D eigenvalue weighted by atomic mass is 10.1. The molecule has 1 aromatic heterocycles. The summed E-state index contributed by atoms with van der Waals surface area (Å²) in [5.41, 5.74) is 1.16. The minimum atomic E-state index is -0.492. The highest BCUT2D eigenvalue weighted by molar-refractivity contribution is 5.74. The van der Waals surface area contributed by atoms with E-state index in [2.05, 4.69) is 4.98 Å². The van der Waals surface area contributed by atoms with Gasteiger partial charge in [-0.25, -0.2) is 4.98 Å². The number of pyridine rings is 1. The lowest BCUT2D eigenvalue weighted by Crippen LogP contribution is -1.96.